The van der Waals surface area contributed by atoms with Crippen LogP contribution in [0.4, 0.5) is 10.1 Å². The molecule has 5 nitrogen and oxygen atoms in total. The smallest absolute Gasteiger partial charge is 0.237 e. The molecule has 1 N–H and O–H groups in total. The van der Waals surface area contributed by atoms with Gasteiger partial charge < -0.3 is 9.88 Å². The van der Waals surface area contributed by atoms with E-state index in [0.29, 0.717) is 18.2 Å². The molecule has 1 aliphatic carbocycles. The first-order chi connectivity index (χ1) is 11.6. The largest absolute Gasteiger partial charge is 0.325 e. The standard InChI is InChI=1S/C17H19FN4OS/c1-3-10-22-15(12-4-5-12)20-21-17(22)24-11(2)16(23)19-14-8-6-13(18)7-9-14/h3,6-9,11-12H,1,4-5,10H2,2H3,(H,19,23)/t11-/m1/s1. The lowest BCUT2D eigenvalue weighted by Gasteiger charge is -2.12. The van der Waals surface area contributed by atoms with E-state index >= 15 is 0 Å². The van der Waals surface area contributed by atoms with Crippen LogP contribution in [0.3, 0.4) is 0 Å². The minimum Gasteiger partial charge on any atom is -0.325 e. The summed E-state index contributed by atoms with van der Waals surface area (Å²) in [6.45, 7) is 6.22. The molecular weight excluding hydrogens is 327 g/mol. The molecule has 7 heteroatoms. The summed E-state index contributed by atoms with van der Waals surface area (Å²) in [6, 6.07) is 5.71. The fraction of sp³-hybridized carbons (Fsp3) is 0.353. The number of nitrogens with one attached hydrogen (secondary N) is 1. The highest BCUT2D eigenvalue weighted by Gasteiger charge is 2.30. The van der Waals surface area contributed by atoms with Crippen LogP contribution in [0.25, 0.3) is 0 Å². The van der Waals surface area contributed by atoms with Gasteiger partial charge in [0.05, 0.1) is 5.25 Å². The predicted molar refractivity (Wildman–Crippen MR) is 92.5 cm³/mol. The molecule has 1 aromatic carbocycles. The monoisotopic (exact) mass is 346 g/mol. The van der Waals surface area contributed by atoms with E-state index in [1.807, 2.05) is 17.6 Å². The number of benzene rings is 1. The van der Waals surface area contributed by atoms with E-state index in [9.17, 15) is 9.18 Å². The van der Waals surface area contributed by atoms with Gasteiger partial charge in [0.2, 0.25) is 5.91 Å². The van der Waals surface area contributed by atoms with Gasteiger partial charge in [0.25, 0.3) is 0 Å². The number of hydrogen-bond donors (Lipinski definition) is 1. The van der Waals surface area contributed by atoms with Crippen molar-refractivity contribution >= 4 is 23.4 Å². The first kappa shape index (κ1) is 16.7. The lowest BCUT2D eigenvalue weighted by atomic mass is 10.3. The molecule has 0 saturated heterocycles. The van der Waals surface area contributed by atoms with Crippen LogP contribution in [-0.2, 0) is 11.3 Å². The quantitative estimate of drug-likeness (QED) is 0.615. The molecule has 1 amide bonds. The zero-order valence-corrected chi connectivity index (χ0v) is 14.2. The van der Waals surface area contributed by atoms with Gasteiger partial charge in [0, 0.05) is 18.2 Å². The number of rotatable bonds is 7. The van der Waals surface area contributed by atoms with Gasteiger partial charge in [-0.05, 0) is 44.0 Å². The minimum absolute atomic E-state index is 0.160. The molecule has 24 heavy (non-hydrogen) atoms. The van der Waals surface area contributed by atoms with E-state index in [1.165, 1.54) is 36.0 Å². The van der Waals surface area contributed by atoms with Gasteiger partial charge in [0.1, 0.15) is 11.6 Å². The Morgan fingerprint density at radius 3 is 2.79 bits per heavy atom. The fourth-order valence-corrected chi connectivity index (χ4v) is 3.19. The topological polar surface area (TPSA) is 59.8 Å². The van der Waals surface area contributed by atoms with Gasteiger partial charge in [-0.1, -0.05) is 17.8 Å². The average molecular weight is 346 g/mol. The molecule has 2 aromatic rings. The molecule has 0 unspecified atom stereocenters. The van der Waals surface area contributed by atoms with Gasteiger partial charge in [-0.3, -0.25) is 4.79 Å². The van der Waals surface area contributed by atoms with Crippen molar-refractivity contribution in [2.45, 2.75) is 42.6 Å². The molecule has 126 valence electrons. The average Bonchev–Trinajstić information content (AvgIpc) is 3.34. The van der Waals surface area contributed by atoms with Crippen molar-refractivity contribution in [3.63, 3.8) is 0 Å². The maximum Gasteiger partial charge on any atom is 0.237 e. The number of halogens is 1. The zero-order chi connectivity index (χ0) is 17.1. The summed E-state index contributed by atoms with van der Waals surface area (Å²) in [4.78, 5) is 12.3. The van der Waals surface area contributed by atoms with Crippen molar-refractivity contribution in [1.29, 1.82) is 0 Å². The molecule has 0 bridgehead atoms. The van der Waals surface area contributed by atoms with Crippen molar-refractivity contribution in [1.82, 2.24) is 14.8 Å². The highest BCUT2D eigenvalue weighted by Crippen LogP contribution is 2.40. The van der Waals surface area contributed by atoms with E-state index in [-0.39, 0.29) is 17.0 Å². The summed E-state index contributed by atoms with van der Waals surface area (Å²) in [7, 11) is 0. The third-order valence-electron chi connectivity index (χ3n) is 3.76. The minimum atomic E-state index is -0.352. The number of thioether (sulfide) groups is 1. The number of aromatic nitrogens is 3. The number of carbonyl (C=O) groups excluding carboxylic acids is 1. The number of allylic oxidation sites excluding steroid dienone is 1. The van der Waals surface area contributed by atoms with Crippen LogP contribution >= 0.6 is 11.8 Å². The number of carbonyl (C=O) groups is 1. The first-order valence-corrected chi connectivity index (χ1v) is 8.73. The molecule has 0 aliphatic heterocycles. The maximum absolute atomic E-state index is 12.9. The number of nitrogens with zero attached hydrogens (tertiary/aromatic N) is 3. The Morgan fingerprint density at radius 1 is 1.46 bits per heavy atom. The van der Waals surface area contributed by atoms with E-state index in [4.69, 9.17) is 0 Å². The van der Waals surface area contributed by atoms with Gasteiger partial charge in [-0.2, -0.15) is 0 Å². The Hall–Kier alpha value is -2.15. The van der Waals surface area contributed by atoms with Crippen LogP contribution in [-0.4, -0.2) is 25.9 Å². The van der Waals surface area contributed by atoms with Crippen molar-refractivity contribution < 1.29 is 9.18 Å². The highest BCUT2D eigenvalue weighted by atomic mass is 32.2. The van der Waals surface area contributed by atoms with Gasteiger partial charge in [-0.25, -0.2) is 4.39 Å². The lowest BCUT2D eigenvalue weighted by Crippen LogP contribution is -2.23. The van der Waals surface area contributed by atoms with Crippen molar-refractivity contribution in [3.8, 4) is 0 Å². The number of amides is 1. The van der Waals surface area contributed by atoms with Crippen LogP contribution in [0.1, 0.15) is 31.5 Å². The highest BCUT2D eigenvalue weighted by molar-refractivity contribution is 8.00. The number of anilines is 1. The zero-order valence-electron chi connectivity index (χ0n) is 13.4. The summed E-state index contributed by atoms with van der Waals surface area (Å²) in [5, 5.41) is 11.7. The number of hydrogen-bond acceptors (Lipinski definition) is 4. The Morgan fingerprint density at radius 2 is 2.17 bits per heavy atom. The molecule has 1 saturated carbocycles. The van der Waals surface area contributed by atoms with Crippen LogP contribution in [0.2, 0.25) is 0 Å². The van der Waals surface area contributed by atoms with Crippen LogP contribution in [0.5, 0.6) is 0 Å². The predicted octanol–water partition coefficient (Wildman–Crippen LogP) is 3.60. The maximum atomic E-state index is 12.9. The molecule has 1 atom stereocenters. The second-order valence-electron chi connectivity index (χ2n) is 5.77. The second kappa shape index (κ2) is 7.17. The normalized spacial score (nSPS) is 15.1. The molecule has 1 heterocycles. The van der Waals surface area contributed by atoms with Gasteiger partial charge in [-0.15, -0.1) is 16.8 Å². The summed E-state index contributed by atoms with van der Waals surface area (Å²) >= 11 is 1.36. The molecule has 1 aromatic heterocycles. The molecular formula is C17H19FN4OS. The summed E-state index contributed by atoms with van der Waals surface area (Å²) < 4.78 is 14.9. The summed E-state index contributed by atoms with van der Waals surface area (Å²) in [5.74, 6) is 0.965. The van der Waals surface area contributed by atoms with Crippen LogP contribution in [0.15, 0.2) is 42.1 Å². The molecule has 1 aliphatic rings. The van der Waals surface area contributed by atoms with E-state index in [2.05, 4.69) is 22.1 Å². The van der Waals surface area contributed by atoms with Gasteiger partial charge >= 0.3 is 0 Å². The SMILES string of the molecule is C=CCn1c(S[C@H](C)C(=O)Nc2ccc(F)cc2)nnc1C1CC1. The fourth-order valence-electron chi connectivity index (χ4n) is 2.32. The third kappa shape index (κ3) is 3.84. The van der Waals surface area contributed by atoms with Crippen molar-refractivity contribution in [3.05, 3.63) is 48.6 Å². The Balaban J connectivity index is 1.67. The van der Waals surface area contributed by atoms with Crippen LogP contribution in [0, 0.1) is 5.82 Å². The Labute approximate surface area is 144 Å². The van der Waals surface area contributed by atoms with E-state index in [1.54, 1.807) is 0 Å². The van der Waals surface area contributed by atoms with Crippen molar-refractivity contribution in [2.24, 2.45) is 0 Å². The summed E-state index contributed by atoms with van der Waals surface area (Å²) in [5.41, 5.74) is 0.570. The van der Waals surface area contributed by atoms with Crippen molar-refractivity contribution in [2.75, 3.05) is 5.32 Å². The molecule has 3 rings (SSSR count). The Bertz CT molecular complexity index is 740. The molecule has 0 spiro atoms. The van der Waals surface area contributed by atoms with Crippen LogP contribution < -0.4 is 5.32 Å². The second-order valence-corrected chi connectivity index (χ2v) is 7.08. The summed E-state index contributed by atoms with van der Waals surface area (Å²) in [6.07, 6.45) is 4.09. The van der Waals surface area contributed by atoms with Gasteiger partial charge in [0.15, 0.2) is 5.16 Å². The molecule has 1 fully saturated rings. The Kier molecular flexibility index (Phi) is 4.99. The lowest BCUT2D eigenvalue weighted by molar-refractivity contribution is -0.115. The first-order valence-electron chi connectivity index (χ1n) is 7.85. The van der Waals surface area contributed by atoms with E-state index in [0.717, 1.165) is 23.8 Å². The van der Waals surface area contributed by atoms with E-state index < -0.39 is 0 Å². The molecule has 0 radical (unpaired) electrons. The third-order valence-corrected chi connectivity index (χ3v) is 4.84.